The number of carbonyl (C=O) groups is 2. The zero-order chi connectivity index (χ0) is 34.2. The van der Waals surface area contributed by atoms with Crippen molar-refractivity contribution in [3.63, 3.8) is 0 Å². The molecule has 0 aromatic heterocycles. The Labute approximate surface area is 281 Å². The highest BCUT2D eigenvalue weighted by molar-refractivity contribution is 7.92. The van der Waals surface area contributed by atoms with Crippen LogP contribution in [0.2, 0.25) is 5.02 Å². The first-order chi connectivity index (χ1) is 22.3. The number of sulfonamides is 1. The molecule has 2 amide bonds. The van der Waals surface area contributed by atoms with Gasteiger partial charge in [0.1, 0.15) is 24.2 Å². The van der Waals surface area contributed by atoms with Gasteiger partial charge in [0.15, 0.2) is 0 Å². The molecule has 4 aromatic carbocycles. The molecule has 0 aliphatic rings. The zero-order valence-electron chi connectivity index (χ0n) is 26.8. The van der Waals surface area contributed by atoms with Crippen LogP contribution in [0, 0.1) is 5.82 Å². The normalized spacial score (nSPS) is 12.2. The number of rotatable bonds is 13. The third-order valence-electron chi connectivity index (χ3n) is 7.13. The minimum absolute atomic E-state index is 0.0329. The molecule has 11 heteroatoms. The second-order valence-corrected chi connectivity index (χ2v) is 14.3. The summed E-state index contributed by atoms with van der Waals surface area (Å²) in [5, 5.41) is 3.43. The molecule has 0 unspecified atom stereocenters. The lowest BCUT2D eigenvalue weighted by Crippen LogP contribution is -2.56. The van der Waals surface area contributed by atoms with Crippen molar-refractivity contribution in [2.75, 3.05) is 17.5 Å². The second-order valence-electron chi connectivity index (χ2n) is 12.0. The zero-order valence-corrected chi connectivity index (χ0v) is 28.4. The lowest BCUT2D eigenvalue weighted by Gasteiger charge is -2.35. The molecule has 0 saturated carbocycles. The third kappa shape index (κ3) is 9.79. The first-order valence-corrected chi connectivity index (χ1v) is 17.0. The molecule has 0 saturated heterocycles. The second kappa shape index (κ2) is 15.5. The molecule has 1 N–H and O–H groups in total. The van der Waals surface area contributed by atoms with Gasteiger partial charge in [-0.05, 0) is 99.5 Å². The van der Waals surface area contributed by atoms with E-state index in [0.29, 0.717) is 22.9 Å². The third-order valence-corrected chi connectivity index (χ3v) is 9.15. The minimum Gasteiger partial charge on any atom is -0.494 e. The molecule has 0 fully saturated rings. The first kappa shape index (κ1) is 35.4. The Kier molecular flexibility index (Phi) is 11.7. The van der Waals surface area contributed by atoms with Crippen LogP contribution in [0.5, 0.6) is 5.75 Å². The molecule has 0 spiro atoms. The van der Waals surface area contributed by atoms with Crippen molar-refractivity contribution in [1.29, 1.82) is 0 Å². The van der Waals surface area contributed by atoms with E-state index < -0.39 is 45.8 Å². The SMILES string of the molecule is CCOc1ccc(S(=O)(=O)N(CC(=O)N(Cc2cccc(Cl)c2)[C@H](Cc2ccccc2)C(=O)NC(C)(C)C)c2ccc(F)cc2)cc1. The number of nitrogens with zero attached hydrogens (tertiary/aromatic N) is 2. The van der Waals surface area contributed by atoms with Gasteiger partial charge >= 0.3 is 0 Å². The van der Waals surface area contributed by atoms with Gasteiger partial charge in [0.05, 0.1) is 17.2 Å². The highest BCUT2D eigenvalue weighted by atomic mass is 35.5. The van der Waals surface area contributed by atoms with Crippen LogP contribution in [0.15, 0.2) is 108 Å². The molecule has 0 heterocycles. The van der Waals surface area contributed by atoms with Crippen molar-refractivity contribution < 1.29 is 27.1 Å². The number of carbonyl (C=O) groups excluding carboxylic acids is 2. The van der Waals surface area contributed by atoms with E-state index in [9.17, 15) is 22.4 Å². The highest BCUT2D eigenvalue weighted by Crippen LogP contribution is 2.27. The predicted molar refractivity (Wildman–Crippen MR) is 182 cm³/mol. The molecule has 0 aliphatic carbocycles. The van der Waals surface area contributed by atoms with Crippen molar-refractivity contribution in [2.24, 2.45) is 0 Å². The summed E-state index contributed by atoms with van der Waals surface area (Å²) in [7, 11) is -4.35. The maximum atomic E-state index is 14.5. The van der Waals surface area contributed by atoms with Crippen LogP contribution in [0.25, 0.3) is 0 Å². The number of hydrogen-bond donors (Lipinski definition) is 1. The van der Waals surface area contributed by atoms with Gasteiger partial charge in [-0.2, -0.15) is 0 Å². The largest absolute Gasteiger partial charge is 0.494 e. The van der Waals surface area contributed by atoms with Crippen molar-refractivity contribution in [2.45, 2.75) is 57.1 Å². The molecular formula is C36H39ClFN3O5S. The van der Waals surface area contributed by atoms with E-state index in [2.05, 4.69) is 5.32 Å². The summed E-state index contributed by atoms with van der Waals surface area (Å²) < 4.78 is 48.7. The van der Waals surface area contributed by atoms with Gasteiger partial charge in [-0.1, -0.05) is 54.1 Å². The van der Waals surface area contributed by atoms with E-state index in [0.717, 1.165) is 22.0 Å². The number of nitrogens with one attached hydrogen (secondary N) is 1. The molecule has 1 atom stereocenters. The fourth-order valence-electron chi connectivity index (χ4n) is 4.98. The topological polar surface area (TPSA) is 96.0 Å². The summed E-state index contributed by atoms with van der Waals surface area (Å²) in [6, 6.07) is 25.8. The number of benzene rings is 4. The molecule has 248 valence electrons. The standard InChI is InChI=1S/C36H39ClFN3O5S/c1-5-46-31-18-20-32(21-19-31)47(44,45)41(30-16-14-29(38)15-17-30)25-34(42)40(24-27-12-9-13-28(37)22-27)33(35(43)39-36(2,3)4)23-26-10-7-6-8-11-26/h6-22,33H,5,23-25H2,1-4H3,(H,39,43)/t33-/m1/s1. The van der Waals surface area contributed by atoms with E-state index in [1.165, 1.54) is 41.3 Å². The Balaban J connectivity index is 1.81. The summed E-state index contributed by atoms with van der Waals surface area (Å²) in [6.45, 7) is 7.03. The van der Waals surface area contributed by atoms with Crippen molar-refractivity contribution >= 4 is 39.1 Å². The van der Waals surface area contributed by atoms with Crippen LogP contribution in [0.1, 0.15) is 38.8 Å². The lowest BCUT2D eigenvalue weighted by molar-refractivity contribution is -0.140. The number of amides is 2. The van der Waals surface area contributed by atoms with Crippen LogP contribution in [0.4, 0.5) is 10.1 Å². The van der Waals surface area contributed by atoms with Crippen LogP contribution in [-0.4, -0.2) is 49.9 Å². The summed E-state index contributed by atoms with van der Waals surface area (Å²) in [5.41, 5.74) is 0.918. The van der Waals surface area contributed by atoms with Crippen LogP contribution in [-0.2, 0) is 32.6 Å². The van der Waals surface area contributed by atoms with E-state index in [1.807, 2.05) is 58.0 Å². The van der Waals surface area contributed by atoms with Crippen LogP contribution >= 0.6 is 11.6 Å². The maximum absolute atomic E-state index is 14.5. The van der Waals surface area contributed by atoms with Gasteiger partial charge in [-0.15, -0.1) is 0 Å². The molecule has 4 rings (SSSR count). The van der Waals surface area contributed by atoms with Gasteiger partial charge in [0, 0.05) is 23.5 Å². The van der Waals surface area contributed by atoms with Gasteiger partial charge in [0.25, 0.3) is 10.0 Å². The molecule has 0 bridgehead atoms. The lowest BCUT2D eigenvalue weighted by atomic mass is 10.0. The van der Waals surface area contributed by atoms with Crippen LogP contribution < -0.4 is 14.4 Å². The molecule has 8 nitrogen and oxygen atoms in total. The molecule has 47 heavy (non-hydrogen) atoms. The number of ether oxygens (including phenoxy) is 1. The Hall–Kier alpha value is -4.41. The summed E-state index contributed by atoms with van der Waals surface area (Å²) in [4.78, 5) is 29.7. The van der Waals surface area contributed by atoms with Gasteiger partial charge in [-0.3, -0.25) is 13.9 Å². The molecular weight excluding hydrogens is 641 g/mol. The predicted octanol–water partition coefficient (Wildman–Crippen LogP) is 6.63. The van der Waals surface area contributed by atoms with E-state index >= 15 is 0 Å². The minimum atomic E-state index is -4.35. The van der Waals surface area contributed by atoms with Crippen molar-refractivity contribution in [3.05, 3.63) is 125 Å². The summed E-state index contributed by atoms with van der Waals surface area (Å²) in [6.07, 6.45) is 0.164. The quantitative estimate of drug-likeness (QED) is 0.171. The Morgan fingerprint density at radius 2 is 1.53 bits per heavy atom. The summed E-state index contributed by atoms with van der Waals surface area (Å²) >= 11 is 6.29. The fourth-order valence-corrected chi connectivity index (χ4v) is 6.60. The average Bonchev–Trinajstić information content (AvgIpc) is 3.02. The first-order valence-electron chi connectivity index (χ1n) is 15.2. The Morgan fingerprint density at radius 1 is 0.894 bits per heavy atom. The van der Waals surface area contributed by atoms with E-state index in [1.54, 1.807) is 24.3 Å². The van der Waals surface area contributed by atoms with Crippen LogP contribution in [0.3, 0.4) is 0 Å². The highest BCUT2D eigenvalue weighted by Gasteiger charge is 2.35. The number of anilines is 1. The van der Waals surface area contributed by atoms with E-state index in [-0.39, 0.29) is 23.5 Å². The summed E-state index contributed by atoms with van der Waals surface area (Å²) in [5.74, 6) is -1.13. The fraction of sp³-hybridized carbons (Fsp3) is 0.278. The van der Waals surface area contributed by atoms with Gasteiger partial charge in [-0.25, -0.2) is 12.8 Å². The van der Waals surface area contributed by atoms with Crippen molar-refractivity contribution in [1.82, 2.24) is 10.2 Å². The molecule has 0 aliphatic heterocycles. The molecule has 4 aromatic rings. The maximum Gasteiger partial charge on any atom is 0.264 e. The number of halogens is 2. The van der Waals surface area contributed by atoms with Gasteiger partial charge < -0.3 is 15.0 Å². The Bertz CT molecular complexity index is 1760. The van der Waals surface area contributed by atoms with Gasteiger partial charge in [0.2, 0.25) is 11.8 Å². The monoisotopic (exact) mass is 679 g/mol. The van der Waals surface area contributed by atoms with Crippen molar-refractivity contribution in [3.8, 4) is 5.75 Å². The number of hydrogen-bond acceptors (Lipinski definition) is 5. The smallest absolute Gasteiger partial charge is 0.264 e. The van der Waals surface area contributed by atoms with E-state index in [4.69, 9.17) is 16.3 Å². The average molecular weight is 680 g/mol. The molecule has 0 radical (unpaired) electrons. The Morgan fingerprint density at radius 3 is 2.13 bits per heavy atom.